The molecule has 1 N–H and O–H groups in total. The Bertz CT molecular complexity index is 1070. The van der Waals surface area contributed by atoms with Gasteiger partial charge in [0.15, 0.2) is 5.17 Å². The van der Waals surface area contributed by atoms with Gasteiger partial charge in [-0.2, -0.15) is 0 Å². The minimum Gasteiger partial charge on any atom is -0.497 e. The van der Waals surface area contributed by atoms with Crippen LogP contribution in [0, 0.1) is 0 Å². The number of amidine groups is 1. The molecule has 1 fully saturated rings. The molecule has 0 atom stereocenters. The number of methoxy groups -OCH3 is 1. The van der Waals surface area contributed by atoms with Crippen LogP contribution in [0.5, 0.6) is 5.75 Å². The molecule has 0 spiro atoms. The highest BCUT2D eigenvalue weighted by atomic mass is 35.5. The standard InChI is InChI=1S/C21H16ClN3O2S/c1-27-18-10-8-16(9-11-18)25-12-2-3-17(25)13-19-20(26)24-21(28-19)23-15-6-4-14(22)5-7-15/h2-13H,1H3,(H,23,24,26)/b19-13-. The van der Waals surface area contributed by atoms with Crippen molar-refractivity contribution in [1.29, 1.82) is 0 Å². The zero-order valence-corrected chi connectivity index (χ0v) is 16.5. The lowest BCUT2D eigenvalue weighted by Gasteiger charge is -2.08. The summed E-state index contributed by atoms with van der Waals surface area (Å²) in [6, 6.07) is 18.8. The molecule has 0 bridgehead atoms. The van der Waals surface area contributed by atoms with Crippen LogP contribution in [0.4, 0.5) is 5.69 Å². The molecule has 0 unspecified atom stereocenters. The van der Waals surface area contributed by atoms with Crippen molar-refractivity contribution < 1.29 is 9.53 Å². The fourth-order valence-corrected chi connectivity index (χ4v) is 3.69. The van der Waals surface area contributed by atoms with Crippen LogP contribution in [0.15, 0.2) is 76.8 Å². The van der Waals surface area contributed by atoms with E-state index in [1.165, 1.54) is 11.8 Å². The maximum absolute atomic E-state index is 12.4. The highest BCUT2D eigenvalue weighted by Crippen LogP contribution is 2.29. The maximum Gasteiger partial charge on any atom is 0.264 e. The van der Waals surface area contributed by atoms with Gasteiger partial charge in [0, 0.05) is 22.6 Å². The quantitative estimate of drug-likeness (QED) is 0.615. The number of carbonyl (C=O) groups is 1. The maximum atomic E-state index is 12.4. The number of hydrogen-bond acceptors (Lipinski definition) is 4. The third kappa shape index (κ3) is 3.98. The SMILES string of the molecule is COc1ccc(-n2cccc2/C=C2\SC(=Nc3ccc(Cl)cc3)NC2=O)cc1. The molecule has 1 aliphatic rings. The number of aromatic nitrogens is 1. The lowest BCUT2D eigenvalue weighted by molar-refractivity contribution is -0.115. The second kappa shape index (κ2) is 7.96. The molecule has 0 saturated carbocycles. The molecule has 5 nitrogen and oxygen atoms in total. The topological polar surface area (TPSA) is 55.6 Å². The summed E-state index contributed by atoms with van der Waals surface area (Å²) in [6.45, 7) is 0. The van der Waals surface area contributed by atoms with Crippen molar-refractivity contribution in [2.45, 2.75) is 0 Å². The lowest BCUT2D eigenvalue weighted by Crippen LogP contribution is -2.19. The first kappa shape index (κ1) is 18.4. The number of benzene rings is 2. The molecule has 1 aliphatic heterocycles. The highest BCUT2D eigenvalue weighted by Gasteiger charge is 2.24. The molecule has 0 aliphatic carbocycles. The summed E-state index contributed by atoms with van der Waals surface area (Å²) in [6.07, 6.45) is 3.81. The van der Waals surface area contributed by atoms with E-state index in [9.17, 15) is 4.79 Å². The Morgan fingerprint density at radius 2 is 1.86 bits per heavy atom. The van der Waals surface area contributed by atoms with Crippen molar-refractivity contribution in [2.24, 2.45) is 4.99 Å². The van der Waals surface area contributed by atoms with E-state index in [0.717, 1.165) is 22.8 Å². The molecular formula is C21H16ClN3O2S. The Balaban J connectivity index is 1.59. The Morgan fingerprint density at radius 3 is 2.57 bits per heavy atom. The Morgan fingerprint density at radius 1 is 1.11 bits per heavy atom. The largest absolute Gasteiger partial charge is 0.497 e. The van der Waals surface area contributed by atoms with Gasteiger partial charge in [0.1, 0.15) is 5.75 Å². The lowest BCUT2D eigenvalue weighted by atomic mass is 10.3. The van der Waals surface area contributed by atoms with Crippen LogP contribution in [-0.2, 0) is 4.79 Å². The van der Waals surface area contributed by atoms with Crippen LogP contribution in [0.25, 0.3) is 11.8 Å². The van der Waals surface area contributed by atoms with Gasteiger partial charge >= 0.3 is 0 Å². The third-order valence-corrected chi connectivity index (χ3v) is 5.28. The molecule has 7 heteroatoms. The van der Waals surface area contributed by atoms with E-state index in [1.54, 1.807) is 31.4 Å². The van der Waals surface area contributed by atoms with Crippen LogP contribution in [0.1, 0.15) is 5.69 Å². The van der Waals surface area contributed by atoms with E-state index >= 15 is 0 Å². The Kier molecular flexibility index (Phi) is 5.23. The normalized spacial score (nSPS) is 16.6. The van der Waals surface area contributed by atoms with Crippen LogP contribution in [0.2, 0.25) is 5.02 Å². The average molecular weight is 410 g/mol. The summed E-state index contributed by atoms with van der Waals surface area (Å²) >= 11 is 7.20. The van der Waals surface area contributed by atoms with E-state index in [4.69, 9.17) is 16.3 Å². The number of ether oxygens (including phenoxy) is 1. The molecule has 2 heterocycles. The molecule has 1 aromatic heterocycles. The second-order valence-corrected chi connectivity index (χ2v) is 7.43. The van der Waals surface area contributed by atoms with E-state index in [0.29, 0.717) is 15.1 Å². The first-order chi connectivity index (χ1) is 13.6. The van der Waals surface area contributed by atoms with Gasteiger partial charge in [-0.3, -0.25) is 4.79 Å². The summed E-state index contributed by atoms with van der Waals surface area (Å²) in [5.41, 5.74) is 2.61. The highest BCUT2D eigenvalue weighted by molar-refractivity contribution is 8.18. The fourth-order valence-electron chi connectivity index (χ4n) is 2.74. The summed E-state index contributed by atoms with van der Waals surface area (Å²) < 4.78 is 7.22. The predicted octanol–water partition coefficient (Wildman–Crippen LogP) is 5.03. The molecular weight excluding hydrogens is 394 g/mol. The number of nitrogens with zero attached hydrogens (tertiary/aromatic N) is 2. The molecule has 140 valence electrons. The molecule has 3 aromatic rings. The average Bonchev–Trinajstić information content (AvgIpc) is 3.30. The fraction of sp³-hybridized carbons (Fsp3) is 0.0476. The van der Waals surface area contributed by atoms with Gasteiger partial charge in [0.25, 0.3) is 5.91 Å². The molecule has 0 radical (unpaired) electrons. The first-order valence-electron chi connectivity index (χ1n) is 8.49. The number of rotatable bonds is 4. The summed E-state index contributed by atoms with van der Waals surface area (Å²) in [4.78, 5) is 17.4. The minimum absolute atomic E-state index is 0.166. The zero-order chi connectivity index (χ0) is 19.5. The van der Waals surface area contributed by atoms with E-state index < -0.39 is 0 Å². The van der Waals surface area contributed by atoms with Crippen molar-refractivity contribution in [1.82, 2.24) is 9.88 Å². The predicted molar refractivity (Wildman–Crippen MR) is 115 cm³/mol. The molecule has 4 rings (SSSR count). The van der Waals surface area contributed by atoms with Gasteiger partial charge in [-0.25, -0.2) is 4.99 Å². The van der Waals surface area contributed by atoms with Gasteiger partial charge < -0.3 is 14.6 Å². The van der Waals surface area contributed by atoms with Crippen LogP contribution in [-0.4, -0.2) is 22.8 Å². The van der Waals surface area contributed by atoms with E-state index in [2.05, 4.69) is 10.3 Å². The summed E-state index contributed by atoms with van der Waals surface area (Å²) in [5, 5.41) is 3.99. The molecule has 28 heavy (non-hydrogen) atoms. The minimum atomic E-state index is -0.166. The van der Waals surface area contributed by atoms with Crippen molar-refractivity contribution in [2.75, 3.05) is 7.11 Å². The van der Waals surface area contributed by atoms with E-state index in [-0.39, 0.29) is 5.91 Å². The van der Waals surface area contributed by atoms with Gasteiger partial charge in [-0.05, 0) is 78.5 Å². The van der Waals surface area contributed by atoms with Crippen molar-refractivity contribution in [3.63, 3.8) is 0 Å². The van der Waals surface area contributed by atoms with Gasteiger partial charge in [0.2, 0.25) is 0 Å². The van der Waals surface area contributed by atoms with E-state index in [1.807, 2.05) is 53.2 Å². The number of hydrogen-bond donors (Lipinski definition) is 1. The number of aliphatic imine (C=N–C) groups is 1. The van der Waals surface area contributed by atoms with Gasteiger partial charge in [-0.15, -0.1) is 0 Å². The van der Waals surface area contributed by atoms with Crippen molar-refractivity contribution in [3.05, 3.63) is 82.5 Å². The zero-order valence-electron chi connectivity index (χ0n) is 14.9. The van der Waals surface area contributed by atoms with Gasteiger partial charge in [-0.1, -0.05) is 11.6 Å². The van der Waals surface area contributed by atoms with Crippen LogP contribution in [0.3, 0.4) is 0 Å². The monoisotopic (exact) mass is 409 g/mol. The molecule has 1 saturated heterocycles. The van der Waals surface area contributed by atoms with Crippen molar-refractivity contribution >= 4 is 46.2 Å². The second-order valence-electron chi connectivity index (χ2n) is 5.96. The number of nitrogens with one attached hydrogen (secondary N) is 1. The molecule has 1 amide bonds. The number of halogens is 1. The summed E-state index contributed by atoms with van der Waals surface area (Å²) in [7, 11) is 1.64. The smallest absolute Gasteiger partial charge is 0.264 e. The Hall–Kier alpha value is -2.96. The Labute approximate surface area is 171 Å². The number of carbonyl (C=O) groups excluding carboxylic acids is 1. The third-order valence-electron chi connectivity index (χ3n) is 4.12. The number of amides is 1. The summed E-state index contributed by atoms with van der Waals surface area (Å²) in [5.74, 6) is 0.629. The number of thioether (sulfide) groups is 1. The first-order valence-corrected chi connectivity index (χ1v) is 9.69. The van der Waals surface area contributed by atoms with Crippen LogP contribution >= 0.6 is 23.4 Å². The van der Waals surface area contributed by atoms with Crippen molar-refractivity contribution in [3.8, 4) is 11.4 Å². The molecule has 2 aromatic carbocycles. The van der Waals surface area contributed by atoms with Crippen LogP contribution < -0.4 is 10.1 Å². The van der Waals surface area contributed by atoms with Gasteiger partial charge in [0.05, 0.1) is 17.7 Å².